The highest BCUT2D eigenvalue weighted by Crippen LogP contribution is 2.28. The summed E-state index contributed by atoms with van der Waals surface area (Å²) in [6.07, 6.45) is 2.39. The van der Waals surface area contributed by atoms with Crippen LogP contribution in [0.4, 0.5) is 0 Å². The molecular formula is C25H23N3O3. The normalized spacial score (nSPS) is 10.6. The molecule has 2 aromatic heterocycles. The van der Waals surface area contributed by atoms with Gasteiger partial charge in [-0.05, 0) is 48.4 Å². The van der Waals surface area contributed by atoms with Crippen LogP contribution in [0.15, 0.2) is 72.9 Å². The number of aromatic nitrogens is 2. The Hall–Kier alpha value is -3.93. The summed E-state index contributed by atoms with van der Waals surface area (Å²) in [5.41, 5.74) is 3.79. The summed E-state index contributed by atoms with van der Waals surface area (Å²) in [5.74, 6) is 1.21. The first-order chi connectivity index (χ1) is 15.2. The van der Waals surface area contributed by atoms with Gasteiger partial charge in [0.2, 0.25) is 0 Å². The number of hydrogen-bond acceptors (Lipinski definition) is 5. The van der Waals surface area contributed by atoms with Gasteiger partial charge in [-0.1, -0.05) is 30.3 Å². The molecule has 0 saturated carbocycles. The highest BCUT2D eigenvalue weighted by Gasteiger charge is 2.14. The molecule has 1 N–H and O–H groups in total. The van der Waals surface area contributed by atoms with Crippen molar-refractivity contribution in [3.63, 3.8) is 0 Å². The van der Waals surface area contributed by atoms with Gasteiger partial charge in [-0.15, -0.1) is 0 Å². The summed E-state index contributed by atoms with van der Waals surface area (Å²) < 4.78 is 10.6. The molecule has 4 rings (SSSR count). The molecule has 2 heterocycles. The van der Waals surface area contributed by atoms with Gasteiger partial charge in [0.15, 0.2) is 11.5 Å². The van der Waals surface area contributed by atoms with Gasteiger partial charge in [0.1, 0.15) is 0 Å². The maximum atomic E-state index is 13.1. The zero-order valence-electron chi connectivity index (χ0n) is 17.5. The van der Waals surface area contributed by atoms with Crippen molar-refractivity contribution >= 4 is 16.8 Å². The third-order valence-corrected chi connectivity index (χ3v) is 5.04. The highest BCUT2D eigenvalue weighted by molar-refractivity contribution is 6.07. The Balaban J connectivity index is 1.55. The molecule has 6 nitrogen and oxygen atoms in total. The minimum atomic E-state index is -0.142. The van der Waals surface area contributed by atoms with Gasteiger partial charge in [-0.3, -0.25) is 9.78 Å². The van der Waals surface area contributed by atoms with E-state index in [0.29, 0.717) is 35.7 Å². The lowest BCUT2D eigenvalue weighted by Gasteiger charge is -2.12. The first-order valence-electron chi connectivity index (χ1n) is 10.00. The molecule has 156 valence electrons. The molecule has 0 aliphatic carbocycles. The molecule has 31 heavy (non-hydrogen) atoms. The van der Waals surface area contributed by atoms with E-state index in [0.717, 1.165) is 22.2 Å². The van der Waals surface area contributed by atoms with Crippen molar-refractivity contribution in [2.45, 2.75) is 6.42 Å². The summed E-state index contributed by atoms with van der Waals surface area (Å²) in [5, 5.41) is 3.84. The molecule has 2 aromatic carbocycles. The fourth-order valence-corrected chi connectivity index (χ4v) is 3.46. The van der Waals surface area contributed by atoms with E-state index in [1.807, 2.05) is 60.7 Å². The molecule has 0 fully saturated rings. The number of para-hydroxylation sites is 1. The zero-order chi connectivity index (χ0) is 21.6. The number of carbonyl (C=O) groups excluding carboxylic acids is 1. The number of nitrogens with one attached hydrogen (secondary N) is 1. The number of rotatable bonds is 7. The van der Waals surface area contributed by atoms with E-state index in [1.54, 1.807) is 26.5 Å². The largest absolute Gasteiger partial charge is 0.493 e. The van der Waals surface area contributed by atoms with Gasteiger partial charge in [-0.2, -0.15) is 0 Å². The number of pyridine rings is 2. The summed E-state index contributed by atoms with van der Waals surface area (Å²) in [6.45, 7) is 0.490. The van der Waals surface area contributed by atoms with Crippen LogP contribution < -0.4 is 14.8 Å². The third kappa shape index (κ3) is 4.48. The summed E-state index contributed by atoms with van der Waals surface area (Å²) in [7, 11) is 3.22. The molecule has 6 heteroatoms. The molecular weight excluding hydrogens is 390 g/mol. The van der Waals surface area contributed by atoms with E-state index in [4.69, 9.17) is 9.47 Å². The summed E-state index contributed by atoms with van der Waals surface area (Å²) >= 11 is 0. The first kappa shape index (κ1) is 20.3. The highest BCUT2D eigenvalue weighted by atomic mass is 16.5. The lowest BCUT2D eigenvalue weighted by atomic mass is 10.1. The van der Waals surface area contributed by atoms with Crippen LogP contribution in [-0.2, 0) is 6.42 Å². The number of benzene rings is 2. The average Bonchev–Trinajstić information content (AvgIpc) is 2.83. The fourth-order valence-electron chi connectivity index (χ4n) is 3.46. The molecule has 0 bridgehead atoms. The van der Waals surface area contributed by atoms with E-state index in [2.05, 4.69) is 15.3 Å². The molecule has 0 saturated heterocycles. The van der Waals surface area contributed by atoms with Crippen molar-refractivity contribution < 1.29 is 14.3 Å². The number of amides is 1. The van der Waals surface area contributed by atoms with Crippen molar-refractivity contribution in [2.24, 2.45) is 0 Å². The van der Waals surface area contributed by atoms with Crippen LogP contribution in [0, 0.1) is 0 Å². The SMILES string of the molecule is COc1ccc(CCNC(=O)c2cc(-c3ccccn3)nc3ccccc23)cc1OC. The number of hydrogen-bond donors (Lipinski definition) is 1. The lowest BCUT2D eigenvalue weighted by Crippen LogP contribution is -2.26. The van der Waals surface area contributed by atoms with E-state index in [-0.39, 0.29) is 5.91 Å². The molecule has 0 atom stereocenters. The minimum absolute atomic E-state index is 0.142. The van der Waals surface area contributed by atoms with Crippen LogP contribution in [0.3, 0.4) is 0 Å². The molecule has 0 aliphatic rings. The summed E-state index contributed by atoms with van der Waals surface area (Å²) in [4.78, 5) is 22.1. The third-order valence-electron chi connectivity index (χ3n) is 5.04. The average molecular weight is 413 g/mol. The van der Waals surface area contributed by atoms with Gasteiger partial charge in [-0.25, -0.2) is 4.98 Å². The predicted molar refractivity (Wildman–Crippen MR) is 121 cm³/mol. The van der Waals surface area contributed by atoms with E-state index >= 15 is 0 Å². The molecule has 4 aromatic rings. The van der Waals surface area contributed by atoms with Crippen LogP contribution in [0.25, 0.3) is 22.3 Å². The lowest BCUT2D eigenvalue weighted by molar-refractivity contribution is 0.0955. The second kappa shape index (κ2) is 9.26. The van der Waals surface area contributed by atoms with Crippen LogP contribution in [0.1, 0.15) is 15.9 Å². The Morgan fingerprint density at radius 3 is 2.48 bits per heavy atom. The minimum Gasteiger partial charge on any atom is -0.493 e. The predicted octanol–water partition coefficient (Wildman–Crippen LogP) is 4.29. The topological polar surface area (TPSA) is 73.3 Å². The van der Waals surface area contributed by atoms with Gasteiger partial charge in [0, 0.05) is 18.1 Å². The molecule has 0 unspecified atom stereocenters. The Labute approximate surface area is 180 Å². The zero-order valence-corrected chi connectivity index (χ0v) is 17.5. The number of methoxy groups -OCH3 is 2. The molecule has 0 aliphatic heterocycles. The maximum Gasteiger partial charge on any atom is 0.252 e. The van der Waals surface area contributed by atoms with Gasteiger partial charge >= 0.3 is 0 Å². The van der Waals surface area contributed by atoms with Crippen molar-refractivity contribution in [1.29, 1.82) is 0 Å². The van der Waals surface area contributed by atoms with Gasteiger partial charge in [0.25, 0.3) is 5.91 Å². The first-order valence-corrected chi connectivity index (χ1v) is 10.00. The van der Waals surface area contributed by atoms with E-state index in [1.165, 1.54) is 0 Å². The molecule has 0 spiro atoms. The smallest absolute Gasteiger partial charge is 0.252 e. The van der Waals surface area contributed by atoms with Crippen molar-refractivity contribution in [3.05, 3.63) is 84.1 Å². The van der Waals surface area contributed by atoms with Crippen molar-refractivity contribution in [3.8, 4) is 22.9 Å². The Bertz CT molecular complexity index is 1210. The number of fused-ring (bicyclic) bond motifs is 1. The van der Waals surface area contributed by atoms with Crippen LogP contribution in [0.2, 0.25) is 0 Å². The van der Waals surface area contributed by atoms with Gasteiger partial charge in [0.05, 0.1) is 36.7 Å². The Morgan fingerprint density at radius 2 is 1.71 bits per heavy atom. The number of ether oxygens (including phenoxy) is 2. The van der Waals surface area contributed by atoms with Gasteiger partial charge < -0.3 is 14.8 Å². The Kier molecular flexibility index (Phi) is 6.08. The summed E-state index contributed by atoms with van der Waals surface area (Å²) in [6, 6.07) is 20.8. The number of nitrogens with zero attached hydrogens (tertiary/aromatic N) is 2. The Morgan fingerprint density at radius 1 is 0.903 bits per heavy atom. The van der Waals surface area contributed by atoms with Crippen LogP contribution in [0.5, 0.6) is 11.5 Å². The second-order valence-electron chi connectivity index (χ2n) is 6.98. The monoisotopic (exact) mass is 413 g/mol. The van der Waals surface area contributed by atoms with Crippen LogP contribution >= 0.6 is 0 Å². The van der Waals surface area contributed by atoms with E-state index < -0.39 is 0 Å². The molecule has 1 amide bonds. The quantitative estimate of drug-likeness (QED) is 0.489. The van der Waals surface area contributed by atoms with Crippen LogP contribution in [-0.4, -0.2) is 36.6 Å². The molecule has 0 radical (unpaired) electrons. The van der Waals surface area contributed by atoms with Crippen molar-refractivity contribution in [1.82, 2.24) is 15.3 Å². The maximum absolute atomic E-state index is 13.1. The van der Waals surface area contributed by atoms with E-state index in [9.17, 15) is 4.79 Å². The number of carbonyl (C=O) groups is 1. The standard InChI is InChI=1S/C25H23N3O3/c1-30-23-11-10-17(15-24(23)31-2)12-14-27-25(29)19-16-22(21-9-5-6-13-26-21)28-20-8-4-3-7-18(19)20/h3-11,13,15-16H,12,14H2,1-2H3,(H,27,29). The second-order valence-corrected chi connectivity index (χ2v) is 6.98. The fraction of sp³-hybridized carbons (Fsp3) is 0.160. The van der Waals surface area contributed by atoms with Crippen molar-refractivity contribution in [2.75, 3.05) is 20.8 Å².